The smallest absolute Gasteiger partial charge is 0.200 e. The number of hydrogen-bond acceptors (Lipinski definition) is 0. The van der Waals surface area contributed by atoms with Crippen LogP contribution in [0.25, 0.3) is 0 Å². The van der Waals surface area contributed by atoms with Crippen molar-refractivity contribution in [2.24, 2.45) is 0 Å². The van der Waals surface area contributed by atoms with Gasteiger partial charge in [-0.25, -0.2) is 87.8 Å². The summed E-state index contributed by atoms with van der Waals surface area (Å²) in [7, 11) is 0.574. The monoisotopic (exact) mass is 1410 g/mol. The molecule has 0 amide bonds. The molecule has 0 bridgehead atoms. The number of alkyl halides is 2. The van der Waals surface area contributed by atoms with Crippen LogP contribution in [0.1, 0.15) is 0 Å². The van der Waals surface area contributed by atoms with Gasteiger partial charge in [-0.1, -0.05) is 0 Å². The van der Waals surface area contributed by atoms with Crippen molar-refractivity contribution in [1.82, 2.24) is 0 Å². The molecule has 417 valence electrons. The first-order chi connectivity index (χ1) is 33.0. The first-order valence-corrected chi connectivity index (χ1v) is 38.4. The van der Waals surface area contributed by atoms with E-state index in [1.807, 2.05) is 0 Å². The van der Waals surface area contributed by atoms with Crippen LogP contribution in [0, 0.1) is 116 Å². The molecule has 0 heterocycles. The van der Waals surface area contributed by atoms with Crippen molar-refractivity contribution in [3.63, 3.8) is 0 Å². The summed E-state index contributed by atoms with van der Waals surface area (Å²) in [5, 5.41) is 0.194. The van der Waals surface area contributed by atoms with E-state index in [2.05, 4.69) is 80.0 Å². The summed E-state index contributed by atoms with van der Waals surface area (Å²) >= 11 is 9.53. The van der Waals surface area contributed by atoms with Crippen LogP contribution in [0.5, 0.6) is 0 Å². The van der Waals surface area contributed by atoms with Gasteiger partial charge in [-0.3, -0.25) is 0 Å². The zero-order valence-electron chi connectivity index (χ0n) is 41.2. The van der Waals surface area contributed by atoms with Gasteiger partial charge in [-0.2, -0.15) is 0 Å². The molecule has 0 aromatic heterocycles. The van der Waals surface area contributed by atoms with E-state index in [1.165, 1.54) is 37.0 Å². The van der Waals surface area contributed by atoms with E-state index < -0.39 is 144 Å². The van der Waals surface area contributed by atoms with Crippen LogP contribution in [0.15, 0.2) is 0 Å². The minimum atomic E-state index is -7.22. The Bertz CT molecular complexity index is 1990. The third kappa shape index (κ3) is 19.0. The largest absolute Gasteiger partial charge is 0.207 e. The second kappa shape index (κ2) is 33.7. The summed E-state index contributed by atoms with van der Waals surface area (Å²) in [6, 6.07) is 0. The average molecular weight is 1410 g/mol. The van der Waals surface area contributed by atoms with Crippen molar-refractivity contribution >= 4 is 98.7 Å². The summed E-state index contributed by atoms with van der Waals surface area (Å²) in [6.07, 6.45) is 1.99. The molecule has 0 aliphatic heterocycles. The van der Waals surface area contributed by atoms with E-state index in [0.717, 1.165) is 0 Å². The maximum Gasteiger partial charge on any atom is 0.200 e. The third-order valence-electron chi connectivity index (χ3n) is 10.1. The van der Waals surface area contributed by atoms with Gasteiger partial charge in [0.05, 0.1) is 42.3 Å². The van der Waals surface area contributed by atoms with Gasteiger partial charge in [0.1, 0.15) is 52.7 Å². The van der Waals surface area contributed by atoms with Crippen molar-refractivity contribution in [2.75, 3.05) is 122 Å². The van der Waals surface area contributed by atoms with Crippen LogP contribution in [0.4, 0.5) is 87.8 Å². The van der Waals surface area contributed by atoms with Gasteiger partial charge in [-0.05, 0) is 47.5 Å². The summed E-state index contributed by atoms with van der Waals surface area (Å²) in [4.78, 5) is 0. The molecular weight excluding hydrogens is 1350 g/mol. The summed E-state index contributed by atoms with van der Waals surface area (Å²) < 4.78 is 294. The minimum absolute atomic E-state index is 0. The summed E-state index contributed by atoms with van der Waals surface area (Å²) in [5.41, 5.74) is -14.3. The van der Waals surface area contributed by atoms with Crippen LogP contribution < -0.4 is 21.9 Å². The van der Waals surface area contributed by atoms with Crippen LogP contribution in [-0.2, 0) is 20.4 Å². The topological polar surface area (TPSA) is 0 Å². The Morgan fingerprint density at radius 2 is 0.315 bits per heavy atom. The van der Waals surface area contributed by atoms with Crippen molar-refractivity contribution in [3.8, 4) is 0 Å². The fourth-order valence-corrected chi connectivity index (χ4v) is 18.4. The van der Waals surface area contributed by atoms with Gasteiger partial charge >= 0.3 is 0 Å². The Morgan fingerprint density at radius 3 is 0.397 bits per heavy atom. The van der Waals surface area contributed by atoms with Crippen molar-refractivity contribution in [2.45, 2.75) is 0 Å². The van der Waals surface area contributed by atoms with E-state index in [1.54, 1.807) is 0 Å². The molecule has 4 aromatic carbocycles. The van der Waals surface area contributed by atoms with E-state index in [-0.39, 0.29) is 73.3 Å². The average Bonchev–Trinajstić information content (AvgIpc) is 3.30. The first-order valence-electron chi connectivity index (χ1n) is 21.1. The molecule has 0 atom stereocenters. The molecule has 0 saturated carbocycles. The Kier molecular flexibility index (Phi) is 34.4. The molecule has 4 rings (SSSR count). The predicted molar refractivity (Wildman–Crippen MR) is 276 cm³/mol. The molecule has 0 unspecified atom stereocenters. The van der Waals surface area contributed by atoms with Crippen molar-refractivity contribution in [3.05, 3.63) is 116 Å². The summed E-state index contributed by atoms with van der Waals surface area (Å²) in [5.74, 6) is -71.4. The van der Waals surface area contributed by atoms with Crippen LogP contribution in [0.2, 0.25) is 0 Å². The molecule has 1 radical (unpaired) electrons. The SMILES string of the molecule is C[PH+](C)CC[PH+](C)C.C[PH+](C)CC[PH+](C)C.C[PH+](C)CC[PH+](C)C.ClCCl.Fc1c(F)c(F)c([B-](c2c(F)c(F)c(F)c(F)c2F)(c2c(F)c(F)c(F)c(F)c2F)c2c(F)c(F)c(F)c(F)c2F)c(F)c1F.[Re]. The normalized spacial score (nSPS) is 11.3. The molecule has 0 fully saturated rings. The van der Waals surface area contributed by atoms with Crippen LogP contribution in [0.3, 0.4) is 0 Å². The van der Waals surface area contributed by atoms with Gasteiger partial charge in [0.15, 0.2) is 69.8 Å². The van der Waals surface area contributed by atoms with E-state index in [0.29, 0.717) is 0 Å². The molecule has 0 aliphatic carbocycles. The fourth-order valence-electron chi connectivity index (χ4n) is 6.37. The molecule has 0 spiro atoms. The Balaban J connectivity index is 0. The molecule has 0 N–H and O–H groups in total. The number of halogens is 22. The van der Waals surface area contributed by atoms with Crippen LogP contribution in [-0.4, -0.2) is 128 Å². The number of benzene rings is 4. The molecule has 0 aliphatic rings. The van der Waals surface area contributed by atoms with E-state index >= 15 is 35.1 Å². The first kappa shape index (κ1) is 74.4. The maximum absolute atomic E-state index is 15.4. The molecule has 0 saturated heterocycles. The fraction of sp³-hybridized carbons (Fsp3) is 0.442. The second-order valence-corrected chi connectivity index (χ2v) is 35.9. The van der Waals surface area contributed by atoms with E-state index in [9.17, 15) is 52.7 Å². The van der Waals surface area contributed by atoms with Crippen molar-refractivity contribution in [1.29, 1.82) is 0 Å². The molecule has 0 nitrogen and oxygen atoms in total. The van der Waals surface area contributed by atoms with Crippen molar-refractivity contribution < 1.29 is 108 Å². The minimum Gasteiger partial charge on any atom is -0.207 e. The Labute approximate surface area is 443 Å². The quantitative estimate of drug-likeness (QED) is 0.0313. The maximum atomic E-state index is 15.4. The number of hydrogen-bond donors (Lipinski definition) is 0. The predicted octanol–water partition coefficient (Wildman–Crippen LogP) is 13.1. The van der Waals surface area contributed by atoms with Gasteiger partial charge in [0.25, 0.3) is 0 Å². The van der Waals surface area contributed by atoms with Gasteiger partial charge in [-0.15, -0.1) is 45.1 Å². The van der Waals surface area contributed by atoms with Gasteiger partial charge in [0, 0.05) is 100 Å². The molecule has 4 aromatic rings. The Morgan fingerprint density at radius 1 is 0.233 bits per heavy atom. The Hall–Kier alpha value is -0.633. The van der Waals surface area contributed by atoms with Crippen LogP contribution >= 0.6 is 70.7 Å². The standard InChI is InChI=1S/C24BF20.3C6H16P2.CH2Cl2.Re/c26-5-1(6(27)14(35)21(42)13(5)34)25(2-7(28)15(36)22(43)16(37)8(2)29,3-9(30)17(38)23(44)18(39)10(3)31)4-11(32)19(40)24(45)20(41)12(4)33;3*1-7(2)5-6-8(3)4;2-1-3;/h;3*5-6H2,1-4H3;1H2;/q-1;;;;;/p+6. The number of rotatable bonds is 13. The molecular formula is C43H56BCl2F20P6Re+5. The second-order valence-electron chi connectivity index (χ2n) is 17.6. The van der Waals surface area contributed by atoms with E-state index in [4.69, 9.17) is 23.2 Å². The zero-order valence-corrected chi connectivity index (χ0v) is 51.4. The molecule has 30 heteroatoms. The van der Waals surface area contributed by atoms with Gasteiger partial charge in [0.2, 0.25) is 0 Å². The van der Waals surface area contributed by atoms with Gasteiger partial charge < -0.3 is 0 Å². The zero-order chi connectivity index (χ0) is 56.8. The molecule has 73 heavy (non-hydrogen) atoms. The summed E-state index contributed by atoms with van der Waals surface area (Å²) in [6.45, 7) is 28.8. The third-order valence-corrected chi connectivity index (χ3v) is 19.1.